The van der Waals surface area contributed by atoms with Crippen molar-refractivity contribution in [3.8, 4) is 0 Å². The summed E-state index contributed by atoms with van der Waals surface area (Å²) in [7, 11) is -3.99. The molecule has 1 aliphatic rings. The first-order valence-corrected chi connectivity index (χ1v) is 15.9. The lowest BCUT2D eigenvalue weighted by atomic mass is 10.0. The van der Waals surface area contributed by atoms with Crippen molar-refractivity contribution in [3.63, 3.8) is 0 Å². The van der Waals surface area contributed by atoms with Crippen LogP contribution in [-0.4, -0.2) is 54.5 Å². The first-order valence-electron chi connectivity index (χ1n) is 13.7. The molecule has 0 fully saturated rings. The zero-order chi connectivity index (χ0) is 30.4. The van der Waals surface area contributed by atoms with Crippen LogP contribution < -0.4 is 5.32 Å². The minimum Gasteiger partial charge on any atom is -0.354 e. The van der Waals surface area contributed by atoms with E-state index in [2.05, 4.69) is 5.32 Å². The molecule has 0 aliphatic carbocycles. The second kappa shape index (κ2) is 13.7. The van der Waals surface area contributed by atoms with Crippen LogP contribution in [0.2, 0.25) is 10.0 Å². The van der Waals surface area contributed by atoms with Crippen molar-refractivity contribution < 1.29 is 22.8 Å². The fraction of sp³-hybridized carbons (Fsp3) is 0.323. The van der Waals surface area contributed by atoms with Gasteiger partial charge >= 0.3 is 0 Å². The number of nitrogens with one attached hydrogen (secondary N) is 1. The van der Waals surface area contributed by atoms with E-state index in [1.165, 1.54) is 17.0 Å². The number of fused-ring (bicyclic) bond motifs is 1. The van der Waals surface area contributed by atoms with Gasteiger partial charge in [0.2, 0.25) is 11.8 Å². The molecular formula is C31H33Cl2N3O5S. The Kier molecular flexibility index (Phi) is 10.3. The number of carbonyl (C=O) groups excluding carboxylic acids is 3. The zero-order valence-corrected chi connectivity index (χ0v) is 25.8. The maximum atomic E-state index is 13.8. The summed E-state index contributed by atoms with van der Waals surface area (Å²) in [5.74, 6) is -1.06. The van der Waals surface area contributed by atoms with Gasteiger partial charge in [-0.05, 0) is 47.7 Å². The summed E-state index contributed by atoms with van der Waals surface area (Å²) in [6, 6.07) is 19.6. The molecule has 0 radical (unpaired) electrons. The van der Waals surface area contributed by atoms with Gasteiger partial charge in [-0.1, -0.05) is 85.6 Å². The van der Waals surface area contributed by atoms with Crippen LogP contribution >= 0.6 is 23.2 Å². The minimum atomic E-state index is -3.99. The molecule has 0 spiro atoms. The summed E-state index contributed by atoms with van der Waals surface area (Å²) in [4.78, 5) is 41.7. The number of hydrogen-bond donors (Lipinski definition) is 1. The molecule has 0 unspecified atom stereocenters. The number of sulfonamides is 1. The minimum absolute atomic E-state index is 0.0349. The summed E-state index contributed by atoms with van der Waals surface area (Å²) in [5.41, 5.74) is 1.68. The van der Waals surface area contributed by atoms with E-state index in [0.29, 0.717) is 22.2 Å². The third-order valence-corrected chi connectivity index (χ3v) is 9.54. The predicted octanol–water partition coefficient (Wildman–Crippen LogP) is 5.33. The van der Waals surface area contributed by atoms with Gasteiger partial charge in [0.05, 0.1) is 15.6 Å². The number of nitrogens with zero attached hydrogens (tertiary/aromatic N) is 2. The van der Waals surface area contributed by atoms with Gasteiger partial charge in [0.25, 0.3) is 15.9 Å². The largest absolute Gasteiger partial charge is 0.354 e. The van der Waals surface area contributed by atoms with Crippen molar-refractivity contribution in [1.82, 2.24) is 14.5 Å². The molecule has 3 aromatic rings. The van der Waals surface area contributed by atoms with Gasteiger partial charge in [-0.25, -0.2) is 12.7 Å². The van der Waals surface area contributed by atoms with E-state index < -0.39 is 22.0 Å². The van der Waals surface area contributed by atoms with E-state index in [0.717, 1.165) is 9.87 Å². The molecule has 42 heavy (non-hydrogen) atoms. The number of hydrogen-bond acceptors (Lipinski definition) is 5. The lowest BCUT2D eigenvalue weighted by Crippen LogP contribution is -2.51. The van der Waals surface area contributed by atoms with E-state index in [9.17, 15) is 22.8 Å². The van der Waals surface area contributed by atoms with Gasteiger partial charge in [0.15, 0.2) is 0 Å². The van der Waals surface area contributed by atoms with Crippen molar-refractivity contribution >= 4 is 50.9 Å². The molecule has 3 aromatic carbocycles. The van der Waals surface area contributed by atoms with Crippen LogP contribution in [0.4, 0.5) is 0 Å². The third kappa shape index (κ3) is 7.32. The van der Waals surface area contributed by atoms with E-state index in [-0.39, 0.29) is 60.5 Å². The number of carbonyl (C=O) groups is 3. The molecule has 1 heterocycles. The molecule has 8 nitrogen and oxygen atoms in total. The molecule has 1 atom stereocenters. The highest BCUT2D eigenvalue weighted by Gasteiger charge is 2.40. The molecule has 0 bridgehead atoms. The highest BCUT2D eigenvalue weighted by molar-refractivity contribution is 7.90. The van der Waals surface area contributed by atoms with Crippen LogP contribution in [0.3, 0.4) is 0 Å². The van der Waals surface area contributed by atoms with Crippen LogP contribution in [-0.2, 0) is 32.6 Å². The van der Waals surface area contributed by atoms with Gasteiger partial charge < -0.3 is 10.2 Å². The van der Waals surface area contributed by atoms with Crippen molar-refractivity contribution in [2.24, 2.45) is 5.92 Å². The normalized spacial score (nSPS) is 14.5. The Morgan fingerprint density at radius 1 is 0.929 bits per heavy atom. The standard InChI is InChI=1S/C31H33Cl2N3O5S/c1-21(2)19-34-30(38)27(18-22-9-4-3-5-10-22)35(20-23-14-15-25(32)26(33)17-23)29(37)13-8-16-36-31(39)24-11-6-7-12-28(24)42(36,40)41/h3-7,9-12,14-15,17,21,27H,8,13,16,18-20H2,1-2H3,(H,34,38)/t27-/m1/s1. The molecule has 0 aromatic heterocycles. The monoisotopic (exact) mass is 629 g/mol. The van der Waals surface area contributed by atoms with E-state index >= 15 is 0 Å². The third-order valence-electron chi connectivity index (χ3n) is 6.96. The maximum absolute atomic E-state index is 13.8. The lowest BCUT2D eigenvalue weighted by molar-refractivity contribution is -0.141. The second-order valence-electron chi connectivity index (χ2n) is 10.6. The number of rotatable bonds is 12. The Balaban J connectivity index is 1.58. The summed E-state index contributed by atoms with van der Waals surface area (Å²) < 4.78 is 26.7. The van der Waals surface area contributed by atoms with Crippen molar-refractivity contribution in [3.05, 3.63) is 99.5 Å². The smallest absolute Gasteiger partial charge is 0.269 e. The maximum Gasteiger partial charge on any atom is 0.269 e. The Hall–Kier alpha value is -3.40. The van der Waals surface area contributed by atoms with Crippen molar-refractivity contribution in [1.29, 1.82) is 0 Å². The summed E-state index contributed by atoms with van der Waals surface area (Å²) in [6.07, 6.45) is 0.271. The summed E-state index contributed by atoms with van der Waals surface area (Å²) >= 11 is 12.4. The molecule has 1 aliphatic heterocycles. The molecule has 0 saturated heterocycles. The molecule has 11 heteroatoms. The Bertz CT molecular complexity index is 1560. The van der Waals surface area contributed by atoms with E-state index in [4.69, 9.17) is 23.2 Å². The first-order chi connectivity index (χ1) is 20.0. The fourth-order valence-corrected chi connectivity index (χ4v) is 6.71. The van der Waals surface area contributed by atoms with E-state index in [1.807, 2.05) is 44.2 Å². The van der Waals surface area contributed by atoms with Crippen LogP contribution in [0.1, 0.15) is 48.2 Å². The second-order valence-corrected chi connectivity index (χ2v) is 13.2. The van der Waals surface area contributed by atoms with Gasteiger partial charge in [-0.15, -0.1) is 0 Å². The highest BCUT2D eigenvalue weighted by atomic mass is 35.5. The van der Waals surface area contributed by atoms with Gasteiger partial charge in [-0.3, -0.25) is 14.4 Å². The zero-order valence-electron chi connectivity index (χ0n) is 23.4. The number of benzene rings is 3. The Labute approximate surface area is 256 Å². The topological polar surface area (TPSA) is 104 Å². The predicted molar refractivity (Wildman–Crippen MR) is 163 cm³/mol. The molecule has 4 rings (SSSR count). The van der Waals surface area contributed by atoms with E-state index in [1.54, 1.807) is 30.3 Å². The quantitative estimate of drug-likeness (QED) is 0.292. The average molecular weight is 631 g/mol. The molecular weight excluding hydrogens is 597 g/mol. The Morgan fingerprint density at radius 2 is 1.62 bits per heavy atom. The van der Waals surface area contributed by atoms with Gasteiger partial charge in [0, 0.05) is 32.5 Å². The molecule has 222 valence electrons. The molecule has 1 N–H and O–H groups in total. The van der Waals surface area contributed by atoms with Crippen molar-refractivity contribution in [2.75, 3.05) is 13.1 Å². The first kappa shape index (κ1) is 31.5. The van der Waals surface area contributed by atoms with Crippen LogP contribution in [0.5, 0.6) is 0 Å². The van der Waals surface area contributed by atoms with Crippen LogP contribution in [0.25, 0.3) is 0 Å². The molecule has 3 amide bonds. The average Bonchev–Trinajstić information content (AvgIpc) is 3.16. The van der Waals surface area contributed by atoms with Crippen molar-refractivity contribution in [2.45, 2.75) is 50.6 Å². The highest BCUT2D eigenvalue weighted by Crippen LogP contribution is 2.30. The summed E-state index contributed by atoms with van der Waals surface area (Å²) in [6.45, 7) is 4.32. The fourth-order valence-electron chi connectivity index (χ4n) is 4.78. The SMILES string of the molecule is CC(C)CNC(=O)[C@@H](Cc1ccccc1)N(Cc1ccc(Cl)c(Cl)c1)C(=O)CCCN1C(=O)c2ccccc2S1(=O)=O. The number of amides is 3. The van der Waals surface area contributed by atoms with Crippen LogP contribution in [0.15, 0.2) is 77.7 Å². The van der Waals surface area contributed by atoms with Gasteiger partial charge in [-0.2, -0.15) is 0 Å². The molecule has 0 saturated carbocycles. The number of halogens is 2. The van der Waals surface area contributed by atoms with Gasteiger partial charge in [0.1, 0.15) is 10.9 Å². The summed E-state index contributed by atoms with van der Waals surface area (Å²) in [5, 5.41) is 3.65. The lowest BCUT2D eigenvalue weighted by Gasteiger charge is -2.32. The Morgan fingerprint density at radius 3 is 2.29 bits per heavy atom. The van der Waals surface area contributed by atoms with Crippen LogP contribution in [0, 0.1) is 5.92 Å².